The van der Waals surface area contributed by atoms with Crippen LogP contribution in [-0.4, -0.2) is 24.8 Å². The molecular formula is C14H18N2O2. The van der Waals surface area contributed by atoms with E-state index in [1.54, 1.807) is 6.20 Å². The molecule has 2 N–H and O–H groups in total. The van der Waals surface area contributed by atoms with Gasteiger partial charge in [-0.3, -0.25) is 4.98 Å². The molecule has 96 valence electrons. The second kappa shape index (κ2) is 6.21. The SMILES string of the molecule is CCOCCCOc1ccc(N)c2ncccc12. The van der Waals surface area contributed by atoms with Crippen molar-refractivity contribution in [2.45, 2.75) is 13.3 Å². The van der Waals surface area contributed by atoms with Gasteiger partial charge in [-0.2, -0.15) is 0 Å². The van der Waals surface area contributed by atoms with Crippen molar-refractivity contribution in [3.8, 4) is 5.75 Å². The van der Waals surface area contributed by atoms with E-state index in [9.17, 15) is 0 Å². The molecule has 1 aromatic carbocycles. The van der Waals surface area contributed by atoms with Crippen molar-refractivity contribution in [2.75, 3.05) is 25.6 Å². The number of rotatable bonds is 6. The highest BCUT2D eigenvalue weighted by Crippen LogP contribution is 2.28. The van der Waals surface area contributed by atoms with Crippen LogP contribution in [0.25, 0.3) is 10.9 Å². The van der Waals surface area contributed by atoms with Crippen molar-refractivity contribution in [2.24, 2.45) is 0 Å². The van der Waals surface area contributed by atoms with Gasteiger partial charge in [-0.15, -0.1) is 0 Å². The van der Waals surface area contributed by atoms with E-state index in [0.29, 0.717) is 12.3 Å². The molecule has 4 nitrogen and oxygen atoms in total. The molecule has 0 fully saturated rings. The van der Waals surface area contributed by atoms with E-state index >= 15 is 0 Å². The molecule has 2 rings (SSSR count). The molecular weight excluding hydrogens is 228 g/mol. The largest absolute Gasteiger partial charge is 0.493 e. The number of nitrogens with zero attached hydrogens (tertiary/aromatic N) is 1. The summed E-state index contributed by atoms with van der Waals surface area (Å²) < 4.78 is 11.0. The number of hydrogen-bond acceptors (Lipinski definition) is 4. The van der Waals surface area contributed by atoms with Gasteiger partial charge in [0.2, 0.25) is 0 Å². The van der Waals surface area contributed by atoms with Crippen molar-refractivity contribution in [1.82, 2.24) is 4.98 Å². The fraction of sp³-hybridized carbons (Fsp3) is 0.357. The normalized spacial score (nSPS) is 10.7. The summed E-state index contributed by atoms with van der Waals surface area (Å²) >= 11 is 0. The predicted molar refractivity (Wildman–Crippen MR) is 72.8 cm³/mol. The Morgan fingerprint density at radius 2 is 2.11 bits per heavy atom. The number of anilines is 1. The first kappa shape index (κ1) is 12.6. The van der Waals surface area contributed by atoms with E-state index in [4.69, 9.17) is 15.2 Å². The second-order valence-corrected chi connectivity index (χ2v) is 3.95. The van der Waals surface area contributed by atoms with Crippen LogP contribution in [0.15, 0.2) is 30.5 Å². The molecule has 0 aliphatic heterocycles. The Balaban J connectivity index is 2.07. The summed E-state index contributed by atoms with van der Waals surface area (Å²) in [6.45, 7) is 4.09. The first-order chi connectivity index (χ1) is 8.83. The predicted octanol–water partition coefficient (Wildman–Crippen LogP) is 2.62. The van der Waals surface area contributed by atoms with Gasteiger partial charge in [0.05, 0.1) is 17.8 Å². The van der Waals surface area contributed by atoms with Crippen molar-refractivity contribution >= 4 is 16.6 Å². The highest BCUT2D eigenvalue weighted by atomic mass is 16.5. The summed E-state index contributed by atoms with van der Waals surface area (Å²) in [6.07, 6.45) is 2.61. The Labute approximate surface area is 107 Å². The fourth-order valence-corrected chi connectivity index (χ4v) is 1.78. The number of nitrogen functional groups attached to an aromatic ring is 1. The van der Waals surface area contributed by atoms with E-state index in [0.717, 1.165) is 36.3 Å². The first-order valence-corrected chi connectivity index (χ1v) is 6.16. The van der Waals surface area contributed by atoms with Crippen LogP contribution < -0.4 is 10.5 Å². The molecule has 4 heteroatoms. The Morgan fingerprint density at radius 1 is 1.22 bits per heavy atom. The van der Waals surface area contributed by atoms with Gasteiger partial charge in [-0.05, 0) is 31.2 Å². The van der Waals surface area contributed by atoms with Gasteiger partial charge >= 0.3 is 0 Å². The number of ether oxygens (including phenoxy) is 2. The van der Waals surface area contributed by atoms with Crippen LogP contribution in [0, 0.1) is 0 Å². The molecule has 2 aromatic rings. The van der Waals surface area contributed by atoms with Crippen LogP contribution in [0.3, 0.4) is 0 Å². The number of hydrogen-bond donors (Lipinski definition) is 1. The maximum atomic E-state index is 5.88. The minimum Gasteiger partial charge on any atom is -0.493 e. The third kappa shape index (κ3) is 2.90. The third-order valence-electron chi connectivity index (χ3n) is 2.66. The zero-order valence-corrected chi connectivity index (χ0v) is 10.6. The smallest absolute Gasteiger partial charge is 0.128 e. The topological polar surface area (TPSA) is 57.4 Å². The number of pyridine rings is 1. The minimum atomic E-state index is 0.633. The summed E-state index contributed by atoms with van der Waals surface area (Å²) in [7, 11) is 0. The molecule has 1 heterocycles. The van der Waals surface area contributed by atoms with Gasteiger partial charge in [0.25, 0.3) is 0 Å². The fourth-order valence-electron chi connectivity index (χ4n) is 1.78. The van der Waals surface area contributed by atoms with Crippen LogP contribution in [0.5, 0.6) is 5.75 Å². The standard InChI is InChI=1S/C14H18N2O2/c1-2-17-9-4-10-18-13-7-6-12(15)14-11(13)5-3-8-16-14/h3,5-8H,2,4,9-10,15H2,1H3. The molecule has 0 aliphatic rings. The highest BCUT2D eigenvalue weighted by molar-refractivity contribution is 5.93. The molecule has 0 unspecified atom stereocenters. The van der Waals surface area contributed by atoms with Gasteiger partial charge in [0.15, 0.2) is 0 Å². The van der Waals surface area contributed by atoms with Crippen molar-refractivity contribution in [1.29, 1.82) is 0 Å². The second-order valence-electron chi connectivity index (χ2n) is 3.95. The van der Waals surface area contributed by atoms with Crippen LogP contribution in [0.4, 0.5) is 5.69 Å². The Kier molecular flexibility index (Phi) is 4.36. The molecule has 0 aliphatic carbocycles. The molecule has 0 atom stereocenters. The molecule has 0 saturated heterocycles. The molecule has 0 spiro atoms. The quantitative estimate of drug-likeness (QED) is 0.628. The maximum Gasteiger partial charge on any atom is 0.128 e. The third-order valence-corrected chi connectivity index (χ3v) is 2.66. The Hall–Kier alpha value is -1.81. The number of nitrogens with two attached hydrogens (primary N) is 1. The lowest BCUT2D eigenvalue weighted by Crippen LogP contribution is -2.03. The van der Waals surface area contributed by atoms with Gasteiger partial charge in [-0.1, -0.05) is 0 Å². The summed E-state index contributed by atoms with van der Waals surface area (Å²) in [5, 5.41) is 0.953. The lowest BCUT2D eigenvalue weighted by atomic mass is 10.2. The van der Waals surface area contributed by atoms with Crippen LogP contribution in [0.1, 0.15) is 13.3 Å². The average molecular weight is 246 g/mol. The van der Waals surface area contributed by atoms with Gasteiger partial charge < -0.3 is 15.2 Å². The van der Waals surface area contributed by atoms with Crippen molar-refractivity contribution in [3.05, 3.63) is 30.5 Å². The summed E-state index contributed by atoms with van der Waals surface area (Å²) in [6, 6.07) is 7.57. The molecule has 1 aromatic heterocycles. The number of benzene rings is 1. The number of aromatic nitrogens is 1. The van der Waals surface area contributed by atoms with Crippen LogP contribution in [-0.2, 0) is 4.74 Å². The number of fused-ring (bicyclic) bond motifs is 1. The lowest BCUT2D eigenvalue weighted by Gasteiger charge is -2.10. The monoisotopic (exact) mass is 246 g/mol. The summed E-state index contributed by atoms with van der Waals surface area (Å²) in [5.74, 6) is 0.823. The lowest BCUT2D eigenvalue weighted by molar-refractivity contribution is 0.131. The van der Waals surface area contributed by atoms with Gasteiger partial charge in [0, 0.05) is 31.2 Å². The van der Waals surface area contributed by atoms with Crippen LogP contribution in [0.2, 0.25) is 0 Å². The van der Waals surface area contributed by atoms with Gasteiger partial charge in [-0.25, -0.2) is 0 Å². The van der Waals surface area contributed by atoms with Gasteiger partial charge in [0.1, 0.15) is 5.75 Å². The Bertz CT molecular complexity index is 514. The average Bonchev–Trinajstić information content (AvgIpc) is 2.41. The molecule has 0 amide bonds. The maximum absolute atomic E-state index is 5.88. The molecule has 0 radical (unpaired) electrons. The van der Waals surface area contributed by atoms with E-state index in [1.807, 2.05) is 31.2 Å². The molecule has 18 heavy (non-hydrogen) atoms. The first-order valence-electron chi connectivity index (χ1n) is 6.16. The van der Waals surface area contributed by atoms with Crippen molar-refractivity contribution < 1.29 is 9.47 Å². The Morgan fingerprint density at radius 3 is 2.94 bits per heavy atom. The van der Waals surface area contributed by atoms with E-state index in [2.05, 4.69) is 4.98 Å². The summed E-state index contributed by atoms with van der Waals surface area (Å²) in [5.41, 5.74) is 7.35. The molecule has 0 bridgehead atoms. The van der Waals surface area contributed by atoms with Crippen molar-refractivity contribution in [3.63, 3.8) is 0 Å². The molecule has 0 saturated carbocycles. The highest BCUT2D eigenvalue weighted by Gasteiger charge is 2.05. The van der Waals surface area contributed by atoms with E-state index in [-0.39, 0.29) is 0 Å². The zero-order chi connectivity index (χ0) is 12.8. The van der Waals surface area contributed by atoms with Crippen LogP contribution >= 0.6 is 0 Å². The summed E-state index contributed by atoms with van der Waals surface area (Å²) in [4.78, 5) is 4.27. The van der Waals surface area contributed by atoms with E-state index in [1.165, 1.54) is 0 Å². The van der Waals surface area contributed by atoms with E-state index < -0.39 is 0 Å². The minimum absolute atomic E-state index is 0.633. The zero-order valence-electron chi connectivity index (χ0n) is 10.6.